The van der Waals surface area contributed by atoms with Crippen molar-refractivity contribution in [3.8, 4) is 0 Å². The summed E-state index contributed by atoms with van der Waals surface area (Å²) in [5.41, 5.74) is 1.35. The molecule has 0 atom stereocenters. The van der Waals surface area contributed by atoms with Crippen LogP contribution in [0.4, 0.5) is 5.69 Å². The highest BCUT2D eigenvalue weighted by Crippen LogP contribution is 2.25. The second kappa shape index (κ2) is 7.69. The van der Waals surface area contributed by atoms with Crippen LogP contribution >= 0.6 is 27.5 Å². The molecule has 0 bridgehead atoms. The van der Waals surface area contributed by atoms with Crippen molar-refractivity contribution in [2.24, 2.45) is 5.92 Å². The maximum Gasteiger partial charge on any atom is 0.239 e. The Hall–Kier alpha value is -1.04. The van der Waals surface area contributed by atoms with E-state index in [0.717, 1.165) is 10.0 Å². The molecule has 124 valence electrons. The summed E-state index contributed by atoms with van der Waals surface area (Å²) in [6.07, 6.45) is 0. The number of rotatable bonds is 6. The zero-order chi connectivity index (χ0) is 17.0. The maximum atomic E-state index is 12.9. The molecular formula is C17H19BrClNO2S. The average Bonchev–Trinajstić information content (AvgIpc) is 2.46. The zero-order valence-corrected chi connectivity index (χ0v) is 16.2. The van der Waals surface area contributed by atoms with Gasteiger partial charge in [-0.05, 0) is 41.8 Å². The Kier molecular flexibility index (Phi) is 6.12. The van der Waals surface area contributed by atoms with Crippen LogP contribution in [0.1, 0.15) is 19.4 Å². The van der Waals surface area contributed by atoms with E-state index in [1.165, 1.54) is 4.31 Å². The number of benzene rings is 2. The molecule has 0 fully saturated rings. The molecule has 0 N–H and O–H groups in total. The van der Waals surface area contributed by atoms with E-state index in [-0.39, 0.29) is 11.7 Å². The van der Waals surface area contributed by atoms with Gasteiger partial charge >= 0.3 is 0 Å². The van der Waals surface area contributed by atoms with Crippen molar-refractivity contribution in [2.75, 3.05) is 10.8 Å². The van der Waals surface area contributed by atoms with Gasteiger partial charge in [0.05, 0.1) is 11.4 Å². The third-order valence-electron chi connectivity index (χ3n) is 3.23. The first-order chi connectivity index (χ1) is 10.8. The molecule has 3 nitrogen and oxygen atoms in total. The van der Waals surface area contributed by atoms with Crippen molar-refractivity contribution in [3.05, 3.63) is 63.6 Å². The van der Waals surface area contributed by atoms with Crippen LogP contribution in [0.15, 0.2) is 53.0 Å². The zero-order valence-electron chi connectivity index (χ0n) is 13.0. The second-order valence-electron chi connectivity index (χ2n) is 5.79. The number of sulfonamides is 1. The lowest BCUT2D eigenvalue weighted by Crippen LogP contribution is -2.35. The fourth-order valence-electron chi connectivity index (χ4n) is 2.21. The Morgan fingerprint density at radius 2 is 1.78 bits per heavy atom. The Balaban J connectivity index is 2.35. The van der Waals surface area contributed by atoms with E-state index in [1.807, 2.05) is 38.1 Å². The molecule has 23 heavy (non-hydrogen) atoms. The maximum absolute atomic E-state index is 12.9. The van der Waals surface area contributed by atoms with Gasteiger partial charge < -0.3 is 0 Å². The summed E-state index contributed by atoms with van der Waals surface area (Å²) in [6, 6.07) is 14.3. The normalized spacial score (nSPS) is 11.7. The minimum absolute atomic E-state index is 0.0421. The minimum Gasteiger partial charge on any atom is -0.270 e. The van der Waals surface area contributed by atoms with Gasteiger partial charge in [0.1, 0.15) is 0 Å². The van der Waals surface area contributed by atoms with E-state index < -0.39 is 10.0 Å². The molecule has 0 unspecified atom stereocenters. The first-order valence-electron chi connectivity index (χ1n) is 7.28. The highest BCUT2D eigenvalue weighted by atomic mass is 79.9. The average molecular weight is 417 g/mol. The Morgan fingerprint density at radius 3 is 2.35 bits per heavy atom. The fourth-order valence-corrected chi connectivity index (χ4v) is 4.39. The van der Waals surface area contributed by atoms with Gasteiger partial charge in [-0.3, -0.25) is 4.31 Å². The van der Waals surface area contributed by atoms with Crippen LogP contribution in [0.2, 0.25) is 5.02 Å². The molecule has 2 aromatic rings. The summed E-state index contributed by atoms with van der Waals surface area (Å²) < 4.78 is 28.2. The van der Waals surface area contributed by atoms with Gasteiger partial charge in [-0.15, -0.1) is 0 Å². The molecule has 0 aliphatic carbocycles. The number of halogens is 2. The molecule has 0 heterocycles. The molecular weight excluding hydrogens is 398 g/mol. The first kappa shape index (κ1) is 18.3. The topological polar surface area (TPSA) is 37.4 Å². The smallest absolute Gasteiger partial charge is 0.239 e. The lowest BCUT2D eigenvalue weighted by atomic mass is 10.2. The van der Waals surface area contributed by atoms with Gasteiger partial charge in [0, 0.05) is 16.0 Å². The minimum atomic E-state index is -3.49. The molecule has 0 aliphatic rings. The monoisotopic (exact) mass is 415 g/mol. The number of hydrogen-bond donors (Lipinski definition) is 0. The molecule has 0 saturated carbocycles. The molecule has 0 saturated heterocycles. The Labute approximate surface area is 151 Å². The molecule has 0 aromatic heterocycles. The standard InChI is InChI=1S/C17H19BrClNO2S/c1-13(2)11-20(17-5-3-4-16(19)10-17)23(21,22)12-14-6-8-15(18)9-7-14/h3-10,13H,11-12H2,1-2H3. The molecule has 0 amide bonds. The number of anilines is 1. The van der Waals surface area contributed by atoms with Gasteiger partial charge in [-0.2, -0.15) is 0 Å². The van der Waals surface area contributed by atoms with Crippen LogP contribution in [0.5, 0.6) is 0 Å². The summed E-state index contributed by atoms with van der Waals surface area (Å²) in [7, 11) is -3.49. The lowest BCUT2D eigenvalue weighted by molar-refractivity contribution is 0.577. The third kappa shape index (κ3) is 5.23. The first-order valence-corrected chi connectivity index (χ1v) is 10.1. The van der Waals surface area contributed by atoms with Crippen LogP contribution in [-0.4, -0.2) is 15.0 Å². The van der Waals surface area contributed by atoms with E-state index >= 15 is 0 Å². The summed E-state index contributed by atoms with van der Waals surface area (Å²) >= 11 is 9.38. The van der Waals surface area contributed by atoms with Crippen molar-refractivity contribution in [1.29, 1.82) is 0 Å². The van der Waals surface area contributed by atoms with Crippen molar-refractivity contribution in [2.45, 2.75) is 19.6 Å². The van der Waals surface area contributed by atoms with Crippen molar-refractivity contribution in [3.63, 3.8) is 0 Å². The van der Waals surface area contributed by atoms with E-state index in [4.69, 9.17) is 11.6 Å². The quantitative estimate of drug-likeness (QED) is 0.657. The van der Waals surface area contributed by atoms with Crippen molar-refractivity contribution in [1.82, 2.24) is 0 Å². The van der Waals surface area contributed by atoms with E-state index in [9.17, 15) is 8.42 Å². The largest absolute Gasteiger partial charge is 0.270 e. The van der Waals surface area contributed by atoms with Crippen LogP contribution < -0.4 is 4.31 Å². The molecule has 6 heteroatoms. The van der Waals surface area contributed by atoms with Gasteiger partial charge in [-0.1, -0.05) is 59.6 Å². The van der Waals surface area contributed by atoms with Gasteiger partial charge in [0.25, 0.3) is 0 Å². The number of nitrogens with zero attached hydrogens (tertiary/aromatic N) is 1. The molecule has 2 rings (SSSR count). The van der Waals surface area contributed by atoms with Crippen molar-refractivity contribution >= 4 is 43.2 Å². The summed E-state index contributed by atoms with van der Waals surface area (Å²) in [5, 5.41) is 0.523. The van der Waals surface area contributed by atoms with Gasteiger partial charge in [-0.25, -0.2) is 8.42 Å². The second-order valence-corrected chi connectivity index (χ2v) is 9.03. The lowest BCUT2D eigenvalue weighted by Gasteiger charge is -2.26. The number of hydrogen-bond acceptors (Lipinski definition) is 2. The van der Waals surface area contributed by atoms with E-state index in [1.54, 1.807) is 24.3 Å². The summed E-state index contributed by atoms with van der Waals surface area (Å²) in [5.74, 6) is 0.160. The highest BCUT2D eigenvalue weighted by molar-refractivity contribution is 9.10. The Bertz CT molecular complexity index is 760. The summed E-state index contributed by atoms with van der Waals surface area (Å²) in [4.78, 5) is 0. The van der Waals surface area contributed by atoms with Crippen LogP contribution in [0.25, 0.3) is 0 Å². The third-order valence-corrected chi connectivity index (χ3v) is 5.72. The van der Waals surface area contributed by atoms with Crippen LogP contribution in [0.3, 0.4) is 0 Å². The molecule has 0 aliphatic heterocycles. The van der Waals surface area contributed by atoms with Crippen molar-refractivity contribution < 1.29 is 8.42 Å². The van der Waals surface area contributed by atoms with E-state index in [0.29, 0.717) is 17.3 Å². The van der Waals surface area contributed by atoms with E-state index in [2.05, 4.69) is 15.9 Å². The van der Waals surface area contributed by atoms with Crippen LogP contribution in [-0.2, 0) is 15.8 Å². The molecule has 0 radical (unpaired) electrons. The van der Waals surface area contributed by atoms with Crippen LogP contribution in [0, 0.1) is 5.92 Å². The predicted molar refractivity (Wildman–Crippen MR) is 100 cm³/mol. The molecule has 0 spiro atoms. The SMILES string of the molecule is CC(C)CN(c1cccc(Cl)c1)S(=O)(=O)Cc1ccc(Br)cc1. The Morgan fingerprint density at radius 1 is 1.13 bits per heavy atom. The van der Waals surface area contributed by atoms with Gasteiger partial charge in [0.15, 0.2) is 0 Å². The predicted octanol–water partition coefficient (Wildman–Crippen LogP) is 5.09. The van der Waals surface area contributed by atoms with Gasteiger partial charge in [0.2, 0.25) is 10.0 Å². The fraction of sp³-hybridized carbons (Fsp3) is 0.294. The highest BCUT2D eigenvalue weighted by Gasteiger charge is 2.24. The molecule has 2 aromatic carbocycles. The summed E-state index contributed by atoms with van der Waals surface area (Å²) in [6.45, 7) is 4.40.